The lowest BCUT2D eigenvalue weighted by atomic mass is 9.97. The molecule has 1 saturated heterocycles. The zero-order valence-corrected chi connectivity index (χ0v) is 18.0. The van der Waals surface area contributed by atoms with Gasteiger partial charge in [-0.2, -0.15) is 0 Å². The number of nitrogens with zero attached hydrogens (tertiary/aromatic N) is 4. The number of likely N-dealkylation sites (tertiary alicyclic amines) is 1. The first kappa shape index (κ1) is 21.0. The van der Waals surface area contributed by atoms with Gasteiger partial charge in [0.1, 0.15) is 11.6 Å². The van der Waals surface area contributed by atoms with Crippen molar-refractivity contribution in [3.63, 3.8) is 0 Å². The maximum Gasteiger partial charge on any atom is 0.234 e. The molecule has 2 aliphatic heterocycles. The number of carbonyl (C=O) groups excluding carboxylic acids is 1. The van der Waals surface area contributed by atoms with Crippen molar-refractivity contribution < 1.29 is 9.53 Å². The van der Waals surface area contributed by atoms with Gasteiger partial charge in [-0.15, -0.1) is 10.2 Å². The average Bonchev–Trinajstić information content (AvgIpc) is 3.02. The first-order chi connectivity index (χ1) is 14.7. The van der Waals surface area contributed by atoms with E-state index >= 15 is 0 Å². The fourth-order valence-electron chi connectivity index (χ4n) is 4.70. The lowest BCUT2D eigenvalue weighted by molar-refractivity contribution is -0.122. The number of amides is 1. The zero-order chi connectivity index (χ0) is 20.8. The summed E-state index contributed by atoms with van der Waals surface area (Å²) < 4.78 is 7.61. The third kappa shape index (κ3) is 5.08. The number of aromatic nitrogens is 3. The predicted octanol–water partition coefficient (Wildman–Crippen LogP) is 2.65. The van der Waals surface area contributed by atoms with Gasteiger partial charge in [0.15, 0.2) is 0 Å². The number of piperidine rings is 1. The molecule has 0 spiro atoms. The highest BCUT2D eigenvalue weighted by atomic mass is 16.5. The molecule has 2 aliphatic rings. The lowest BCUT2D eigenvalue weighted by Crippen LogP contribution is -2.42. The summed E-state index contributed by atoms with van der Waals surface area (Å²) in [6.45, 7) is 4.41. The van der Waals surface area contributed by atoms with Gasteiger partial charge in [-0.1, -0.05) is 30.7 Å². The molecule has 2 aromatic rings. The highest BCUT2D eigenvalue weighted by Gasteiger charge is 2.28. The molecule has 1 unspecified atom stereocenters. The smallest absolute Gasteiger partial charge is 0.234 e. The summed E-state index contributed by atoms with van der Waals surface area (Å²) in [7, 11) is 1.69. The molecular weight excluding hydrogens is 378 g/mol. The molecule has 0 saturated carbocycles. The number of fused-ring (bicyclic) bond motifs is 1. The summed E-state index contributed by atoms with van der Waals surface area (Å²) in [5.41, 5.74) is 2.22. The molecule has 0 aliphatic carbocycles. The van der Waals surface area contributed by atoms with Crippen LogP contribution in [0.15, 0.2) is 24.3 Å². The van der Waals surface area contributed by atoms with Gasteiger partial charge in [0, 0.05) is 39.1 Å². The Bertz CT molecular complexity index is 850. The molecule has 0 bridgehead atoms. The van der Waals surface area contributed by atoms with Gasteiger partial charge in [0.05, 0.1) is 13.2 Å². The van der Waals surface area contributed by atoms with Crippen LogP contribution in [-0.4, -0.2) is 52.3 Å². The Balaban J connectivity index is 1.32. The molecule has 1 amide bonds. The van der Waals surface area contributed by atoms with Crippen molar-refractivity contribution in [3.8, 4) is 0 Å². The van der Waals surface area contributed by atoms with E-state index in [0.29, 0.717) is 25.6 Å². The SMILES string of the molecule is COCc1ccccc1CNC(=O)CN1CCCC(c2nnc3n2CCCCC3)C1. The summed E-state index contributed by atoms with van der Waals surface area (Å²) >= 11 is 0. The highest BCUT2D eigenvalue weighted by Crippen LogP contribution is 2.27. The molecule has 30 heavy (non-hydrogen) atoms. The average molecular weight is 412 g/mol. The number of aryl methyl sites for hydroxylation is 1. The number of hydrogen-bond acceptors (Lipinski definition) is 5. The molecule has 1 aromatic heterocycles. The second-order valence-electron chi connectivity index (χ2n) is 8.49. The summed E-state index contributed by atoms with van der Waals surface area (Å²) in [4.78, 5) is 14.9. The van der Waals surface area contributed by atoms with Gasteiger partial charge >= 0.3 is 0 Å². The minimum atomic E-state index is 0.0722. The summed E-state index contributed by atoms with van der Waals surface area (Å²) in [5.74, 6) is 2.72. The van der Waals surface area contributed by atoms with Crippen LogP contribution in [0.4, 0.5) is 0 Å². The molecular formula is C23H33N5O2. The van der Waals surface area contributed by atoms with Crippen LogP contribution >= 0.6 is 0 Å². The Labute approximate surface area is 178 Å². The Morgan fingerprint density at radius 2 is 2.00 bits per heavy atom. The van der Waals surface area contributed by atoms with E-state index in [1.54, 1.807) is 7.11 Å². The minimum absolute atomic E-state index is 0.0722. The fourth-order valence-corrected chi connectivity index (χ4v) is 4.70. The van der Waals surface area contributed by atoms with Gasteiger partial charge in [-0.05, 0) is 43.4 Å². The second kappa shape index (κ2) is 10.2. The van der Waals surface area contributed by atoms with E-state index in [9.17, 15) is 4.79 Å². The van der Waals surface area contributed by atoms with Crippen molar-refractivity contribution in [1.29, 1.82) is 0 Å². The van der Waals surface area contributed by atoms with Crippen LogP contribution in [-0.2, 0) is 35.6 Å². The number of rotatable bonds is 7. The van der Waals surface area contributed by atoms with Crippen molar-refractivity contribution in [1.82, 2.24) is 25.0 Å². The molecule has 1 atom stereocenters. The normalized spacial score (nSPS) is 19.8. The standard InChI is InChI=1S/C23H33N5O2/c1-30-17-20-9-5-4-8-18(20)14-24-22(29)16-27-12-7-10-19(15-27)23-26-25-21-11-3-2-6-13-28(21)23/h4-5,8-9,19H,2-3,6-7,10-17H2,1H3,(H,24,29). The number of hydrogen-bond donors (Lipinski definition) is 1. The van der Waals surface area contributed by atoms with Crippen LogP contribution < -0.4 is 5.32 Å². The van der Waals surface area contributed by atoms with Crippen LogP contribution in [0.25, 0.3) is 0 Å². The van der Waals surface area contributed by atoms with Gasteiger partial charge in [-0.25, -0.2) is 0 Å². The van der Waals surface area contributed by atoms with Gasteiger partial charge in [0.2, 0.25) is 5.91 Å². The predicted molar refractivity (Wildman–Crippen MR) is 115 cm³/mol. The largest absolute Gasteiger partial charge is 0.380 e. The number of carbonyl (C=O) groups is 1. The molecule has 162 valence electrons. The lowest BCUT2D eigenvalue weighted by Gasteiger charge is -2.32. The van der Waals surface area contributed by atoms with Crippen LogP contribution in [0.1, 0.15) is 60.8 Å². The summed E-state index contributed by atoms with van der Waals surface area (Å²) in [6.07, 6.45) is 6.95. The molecule has 7 heteroatoms. The molecule has 7 nitrogen and oxygen atoms in total. The first-order valence-corrected chi connectivity index (χ1v) is 11.2. The molecule has 0 radical (unpaired) electrons. The maximum atomic E-state index is 12.6. The Morgan fingerprint density at radius 3 is 2.87 bits per heavy atom. The number of methoxy groups -OCH3 is 1. The van der Waals surface area contributed by atoms with Crippen LogP contribution in [0, 0.1) is 0 Å². The maximum absolute atomic E-state index is 12.6. The second-order valence-corrected chi connectivity index (χ2v) is 8.49. The van der Waals surface area contributed by atoms with E-state index in [4.69, 9.17) is 4.74 Å². The fraction of sp³-hybridized carbons (Fsp3) is 0.609. The highest BCUT2D eigenvalue weighted by molar-refractivity contribution is 5.78. The minimum Gasteiger partial charge on any atom is -0.380 e. The van der Waals surface area contributed by atoms with Crippen molar-refractivity contribution in [2.24, 2.45) is 0 Å². The number of nitrogens with one attached hydrogen (secondary N) is 1. The van der Waals surface area contributed by atoms with E-state index in [1.165, 1.54) is 19.3 Å². The molecule has 1 fully saturated rings. The Kier molecular flexibility index (Phi) is 7.12. The van der Waals surface area contributed by atoms with E-state index < -0.39 is 0 Å². The quantitative estimate of drug-likeness (QED) is 0.758. The molecule has 1 aromatic carbocycles. The van der Waals surface area contributed by atoms with E-state index in [2.05, 4.69) is 25.0 Å². The summed E-state index contributed by atoms with van der Waals surface area (Å²) in [5, 5.41) is 12.1. The first-order valence-electron chi connectivity index (χ1n) is 11.2. The Morgan fingerprint density at radius 1 is 1.13 bits per heavy atom. The molecule has 1 N–H and O–H groups in total. The number of ether oxygens (including phenoxy) is 1. The number of benzene rings is 1. The van der Waals surface area contributed by atoms with Crippen molar-refractivity contribution in [2.75, 3.05) is 26.7 Å². The van der Waals surface area contributed by atoms with E-state index in [-0.39, 0.29) is 5.91 Å². The van der Waals surface area contributed by atoms with Crippen molar-refractivity contribution in [3.05, 3.63) is 47.0 Å². The van der Waals surface area contributed by atoms with Gasteiger partial charge < -0.3 is 14.6 Å². The third-order valence-electron chi connectivity index (χ3n) is 6.27. The molecule has 3 heterocycles. The Hall–Kier alpha value is -2.25. The van der Waals surface area contributed by atoms with E-state index in [0.717, 1.165) is 61.7 Å². The van der Waals surface area contributed by atoms with E-state index in [1.807, 2.05) is 24.3 Å². The van der Waals surface area contributed by atoms with Crippen LogP contribution in [0.3, 0.4) is 0 Å². The monoisotopic (exact) mass is 411 g/mol. The van der Waals surface area contributed by atoms with Gasteiger partial charge in [0.25, 0.3) is 0 Å². The summed E-state index contributed by atoms with van der Waals surface area (Å²) in [6, 6.07) is 8.08. The van der Waals surface area contributed by atoms with Crippen LogP contribution in [0.5, 0.6) is 0 Å². The van der Waals surface area contributed by atoms with Gasteiger partial charge in [-0.3, -0.25) is 9.69 Å². The molecule has 4 rings (SSSR count). The zero-order valence-electron chi connectivity index (χ0n) is 18.0. The third-order valence-corrected chi connectivity index (χ3v) is 6.27. The van der Waals surface area contributed by atoms with Crippen LogP contribution in [0.2, 0.25) is 0 Å². The topological polar surface area (TPSA) is 72.3 Å². The van der Waals surface area contributed by atoms with Crippen molar-refractivity contribution in [2.45, 2.75) is 64.1 Å². The van der Waals surface area contributed by atoms with Crippen molar-refractivity contribution >= 4 is 5.91 Å².